The van der Waals surface area contributed by atoms with Gasteiger partial charge in [0.05, 0.1) is 14.2 Å². The van der Waals surface area contributed by atoms with Crippen LogP contribution >= 0.6 is 0 Å². The maximum atomic E-state index is 5.22. The van der Waals surface area contributed by atoms with Gasteiger partial charge in [0.15, 0.2) is 0 Å². The van der Waals surface area contributed by atoms with Crippen molar-refractivity contribution >= 4 is 0 Å². The predicted molar refractivity (Wildman–Crippen MR) is 95.8 cm³/mol. The summed E-state index contributed by atoms with van der Waals surface area (Å²) in [5.41, 5.74) is 4.84. The van der Waals surface area contributed by atoms with Crippen molar-refractivity contribution < 1.29 is 9.47 Å². The molecule has 3 rings (SSSR count). The number of pyridine rings is 1. The quantitative estimate of drug-likeness (QED) is 0.679. The van der Waals surface area contributed by atoms with Crippen molar-refractivity contribution in [2.45, 2.75) is 12.8 Å². The number of aromatic nitrogens is 1. The van der Waals surface area contributed by atoms with Gasteiger partial charge in [-0.15, -0.1) is 0 Å². The molecule has 24 heavy (non-hydrogen) atoms. The minimum atomic E-state index is 0.816. The fourth-order valence-corrected chi connectivity index (χ4v) is 2.69. The maximum absolute atomic E-state index is 5.22. The van der Waals surface area contributed by atoms with E-state index in [-0.39, 0.29) is 0 Å². The van der Waals surface area contributed by atoms with Crippen LogP contribution in [0.3, 0.4) is 0 Å². The first kappa shape index (κ1) is 16.1. The lowest BCUT2D eigenvalue weighted by molar-refractivity contribution is 0.414. The Morgan fingerprint density at radius 3 is 1.79 bits per heavy atom. The Labute approximate surface area is 142 Å². The summed E-state index contributed by atoms with van der Waals surface area (Å²) in [7, 11) is 3.36. The van der Waals surface area contributed by atoms with Gasteiger partial charge < -0.3 is 9.47 Å². The molecule has 1 aromatic heterocycles. The molecule has 3 nitrogen and oxygen atoms in total. The van der Waals surface area contributed by atoms with Crippen LogP contribution in [0.4, 0.5) is 0 Å². The number of nitrogens with zero attached hydrogens (tertiary/aromatic N) is 1. The number of ether oxygens (including phenoxy) is 2. The van der Waals surface area contributed by atoms with E-state index >= 15 is 0 Å². The minimum Gasteiger partial charge on any atom is -0.497 e. The van der Waals surface area contributed by atoms with Crippen molar-refractivity contribution in [1.82, 2.24) is 4.98 Å². The number of hydrogen-bond acceptors (Lipinski definition) is 3. The monoisotopic (exact) mass is 319 g/mol. The maximum Gasteiger partial charge on any atom is 0.118 e. The Bertz CT molecular complexity index is 711. The average molecular weight is 319 g/mol. The summed E-state index contributed by atoms with van der Waals surface area (Å²) in [6.45, 7) is 0. The summed E-state index contributed by atoms with van der Waals surface area (Å²) in [4.78, 5) is 4.59. The normalized spacial score (nSPS) is 10.4. The van der Waals surface area contributed by atoms with Crippen LogP contribution in [0.1, 0.15) is 22.4 Å². The second-order valence-electron chi connectivity index (χ2n) is 5.66. The summed E-state index contributed by atoms with van der Waals surface area (Å²) in [5.74, 6) is 1.75. The van der Waals surface area contributed by atoms with Crippen LogP contribution < -0.4 is 9.47 Å². The third-order valence-corrected chi connectivity index (χ3v) is 4.07. The van der Waals surface area contributed by atoms with E-state index in [2.05, 4.69) is 35.3 Å². The van der Waals surface area contributed by atoms with E-state index in [1.165, 1.54) is 16.7 Å². The molecule has 0 fully saturated rings. The van der Waals surface area contributed by atoms with Crippen molar-refractivity contribution in [3.63, 3.8) is 0 Å². The lowest BCUT2D eigenvalue weighted by Crippen LogP contribution is -2.00. The minimum absolute atomic E-state index is 0.816. The van der Waals surface area contributed by atoms with Gasteiger partial charge in [0.2, 0.25) is 0 Å². The smallest absolute Gasteiger partial charge is 0.118 e. The molecule has 3 aromatic rings. The van der Waals surface area contributed by atoms with Gasteiger partial charge >= 0.3 is 0 Å². The van der Waals surface area contributed by atoms with Crippen molar-refractivity contribution in [3.05, 3.63) is 89.2 Å². The first-order chi connectivity index (χ1) is 11.8. The summed E-state index contributed by atoms with van der Waals surface area (Å²) >= 11 is 0. The van der Waals surface area contributed by atoms with Crippen LogP contribution in [0.2, 0.25) is 0 Å². The van der Waals surface area contributed by atoms with E-state index in [1.807, 2.05) is 36.5 Å². The van der Waals surface area contributed by atoms with Crippen LogP contribution in [-0.4, -0.2) is 19.2 Å². The second-order valence-corrected chi connectivity index (χ2v) is 5.66. The highest BCUT2D eigenvalue weighted by Gasteiger charge is 2.06. The molecule has 3 heteroatoms. The molecule has 122 valence electrons. The zero-order valence-electron chi connectivity index (χ0n) is 14.0. The molecule has 0 aliphatic carbocycles. The van der Waals surface area contributed by atoms with Gasteiger partial charge in [-0.1, -0.05) is 30.3 Å². The first-order valence-electron chi connectivity index (χ1n) is 7.97. The number of rotatable bonds is 6. The van der Waals surface area contributed by atoms with Crippen molar-refractivity contribution in [3.8, 4) is 11.5 Å². The molecular weight excluding hydrogens is 298 g/mol. The molecule has 0 saturated heterocycles. The molecular formula is C21H21NO2. The molecule has 1 heterocycles. The van der Waals surface area contributed by atoms with Gasteiger partial charge in [0.25, 0.3) is 0 Å². The van der Waals surface area contributed by atoms with Crippen molar-refractivity contribution in [2.75, 3.05) is 14.2 Å². The van der Waals surface area contributed by atoms with Crippen LogP contribution in [0.15, 0.2) is 66.9 Å². The molecule has 0 atom stereocenters. The van der Waals surface area contributed by atoms with Crippen molar-refractivity contribution in [1.29, 1.82) is 0 Å². The Kier molecular flexibility index (Phi) is 5.12. The Morgan fingerprint density at radius 2 is 1.25 bits per heavy atom. The zero-order chi connectivity index (χ0) is 16.8. The van der Waals surface area contributed by atoms with E-state index in [4.69, 9.17) is 9.47 Å². The lowest BCUT2D eigenvalue weighted by Gasteiger charge is -2.10. The van der Waals surface area contributed by atoms with E-state index in [0.29, 0.717) is 0 Å². The first-order valence-corrected chi connectivity index (χ1v) is 7.97. The van der Waals surface area contributed by atoms with Gasteiger partial charge in [0, 0.05) is 18.3 Å². The average Bonchev–Trinajstić information content (AvgIpc) is 2.64. The largest absolute Gasteiger partial charge is 0.497 e. The highest BCUT2D eigenvalue weighted by Crippen LogP contribution is 2.19. The Morgan fingerprint density at radius 1 is 0.708 bits per heavy atom. The molecule has 0 amide bonds. The second kappa shape index (κ2) is 7.64. The highest BCUT2D eigenvalue weighted by molar-refractivity contribution is 5.36. The van der Waals surface area contributed by atoms with Gasteiger partial charge in [-0.25, -0.2) is 0 Å². The van der Waals surface area contributed by atoms with Gasteiger partial charge in [0.1, 0.15) is 11.5 Å². The molecule has 0 aliphatic rings. The fourth-order valence-electron chi connectivity index (χ4n) is 2.69. The number of hydrogen-bond donors (Lipinski definition) is 0. The van der Waals surface area contributed by atoms with E-state index in [0.717, 1.165) is 30.0 Å². The standard InChI is InChI=1S/C21H21NO2/c1-23-19-9-5-16(6-10-19)14-18-4-3-13-22-21(18)15-17-7-11-20(24-2)12-8-17/h3-13H,14-15H2,1-2H3. The van der Waals surface area contributed by atoms with Gasteiger partial charge in [-0.2, -0.15) is 0 Å². The number of benzene rings is 2. The summed E-state index contributed by atoms with van der Waals surface area (Å²) < 4.78 is 10.4. The highest BCUT2D eigenvalue weighted by atomic mass is 16.5. The van der Waals surface area contributed by atoms with Crippen LogP contribution in [0, 0.1) is 0 Å². The summed E-state index contributed by atoms with van der Waals surface area (Å²) in [6.07, 6.45) is 3.54. The zero-order valence-corrected chi connectivity index (χ0v) is 14.0. The molecule has 0 saturated carbocycles. The van der Waals surface area contributed by atoms with Crippen LogP contribution in [0.25, 0.3) is 0 Å². The van der Waals surface area contributed by atoms with Gasteiger partial charge in [-0.3, -0.25) is 4.98 Å². The fraction of sp³-hybridized carbons (Fsp3) is 0.190. The van der Waals surface area contributed by atoms with E-state index in [1.54, 1.807) is 14.2 Å². The van der Waals surface area contributed by atoms with E-state index < -0.39 is 0 Å². The third kappa shape index (κ3) is 3.93. The topological polar surface area (TPSA) is 31.4 Å². The molecule has 0 aliphatic heterocycles. The predicted octanol–water partition coefficient (Wildman–Crippen LogP) is 4.28. The lowest BCUT2D eigenvalue weighted by atomic mass is 9.99. The summed E-state index contributed by atoms with van der Waals surface area (Å²) in [6, 6.07) is 20.5. The third-order valence-electron chi connectivity index (χ3n) is 4.07. The molecule has 0 unspecified atom stereocenters. The van der Waals surface area contributed by atoms with E-state index in [9.17, 15) is 0 Å². The molecule has 2 aromatic carbocycles. The molecule has 0 bridgehead atoms. The molecule has 0 N–H and O–H groups in total. The van der Waals surface area contributed by atoms with Gasteiger partial charge in [-0.05, 0) is 53.4 Å². The van der Waals surface area contributed by atoms with Crippen molar-refractivity contribution in [2.24, 2.45) is 0 Å². The SMILES string of the molecule is COc1ccc(Cc2cccnc2Cc2ccc(OC)cc2)cc1. The Balaban J connectivity index is 1.78. The van der Waals surface area contributed by atoms with Crippen LogP contribution in [-0.2, 0) is 12.8 Å². The number of methoxy groups -OCH3 is 2. The van der Waals surface area contributed by atoms with Crippen LogP contribution in [0.5, 0.6) is 11.5 Å². The molecule has 0 spiro atoms. The molecule has 0 radical (unpaired) electrons. The summed E-state index contributed by atoms with van der Waals surface area (Å²) in [5, 5.41) is 0. The Hall–Kier alpha value is -2.81.